The molecule has 0 aliphatic carbocycles. The van der Waals surface area contributed by atoms with E-state index in [0.29, 0.717) is 24.6 Å². The predicted molar refractivity (Wildman–Crippen MR) is 103 cm³/mol. The SMILES string of the molecule is O=C(NCc1ccc(S(=O)(=O)N2CCCC2)cc1)C1COc2ccccc2O1. The molecule has 1 saturated heterocycles. The highest BCUT2D eigenvalue weighted by atomic mass is 32.2. The molecule has 0 saturated carbocycles. The molecule has 1 unspecified atom stereocenters. The van der Waals surface area contributed by atoms with E-state index in [1.165, 1.54) is 4.31 Å². The van der Waals surface area contributed by atoms with Crippen LogP contribution in [0.1, 0.15) is 18.4 Å². The van der Waals surface area contributed by atoms with Crippen LogP contribution in [-0.2, 0) is 21.4 Å². The second-order valence-corrected chi connectivity index (χ2v) is 8.78. The van der Waals surface area contributed by atoms with Crippen LogP contribution in [0.25, 0.3) is 0 Å². The van der Waals surface area contributed by atoms with E-state index in [2.05, 4.69) is 5.32 Å². The van der Waals surface area contributed by atoms with E-state index >= 15 is 0 Å². The zero-order chi connectivity index (χ0) is 19.6. The Labute approximate surface area is 164 Å². The number of hydrogen-bond acceptors (Lipinski definition) is 5. The van der Waals surface area contributed by atoms with Gasteiger partial charge in [-0.3, -0.25) is 4.79 Å². The quantitative estimate of drug-likeness (QED) is 0.826. The van der Waals surface area contributed by atoms with Crippen molar-refractivity contribution in [3.8, 4) is 11.5 Å². The van der Waals surface area contributed by atoms with Crippen LogP contribution in [0, 0.1) is 0 Å². The molecule has 28 heavy (non-hydrogen) atoms. The van der Waals surface area contributed by atoms with Crippen LogP contribution < -0.4 is 14.8 Å². The number of sulfonamides is 1. The Morgan fingerprint density at radius 1 is 1.04 bits per heavy atom. The number of amides is 1. The van der Waals surface area contributed by atoms with Gasteiger partial charge in [-0.05, 0) is 42.7 Å². The van der Waals surface area contributed by atoms with Gasteiger partial charge in [-0.1, -0.05) is 24.3 Å². The Hall–Kier alpha value is -2.58. The Kier molecular flexibility index (Phi) is 5.23. The molecule has 1 amide bonds. The lowest BCUT2D eigenvalue weighted by Gasteiger charge is -2.25. The summed E-state index contributed by atoms with van der Waals surface area (Å²) >= 11 is 0. The number of hydrogen-bond donors (Lipinski definition) is 1. The molecule has 0 aromatic heterocycles. The second kappa shape index (κ2) is 7.81. The van der Waals surface area contributed by atoms with Gasteiger partial charge in [0.05, 0.1) is 4.90 Å². The van der Waals surface area contributed by atoms with Gasteiger partial charge in [0.15, 0.2) is 11.5 Å². The number of nitrogens with one attached hydrogen (secondary N) is 1. The van der Waals surface area contributed by atoms with Gasteiger partial charge in [-0.2, -0.15) is 4.31 Å². The molecule has 2 aliphatic heterocycles. The van der Waals surface area contributed by atoms with E-state index in [4.69, 9.17) is 9.47 Å². The standard InChI is InChI=1S/C20H22N2O5S/c23-20(19-14-26-17-5-1-2-6-18(17)27-19)21-13-15-7-9-16(10-8-15)28(24,25)22-11-3-4-12-22/h1-2,5-10,19H,3-4,11-14H2,(H,21,23). The molecule has 4 rings (SSSR count). The van der Waals surface area contributed by atoms with Crippen molar-refractivity contribution in [2.75, 3.05) is 19.7 Å². The molecule has 2 aliphatic rings. The molecule has 7 nitrogen and oxygen atoms in total. The highest BCUT2D eigenvalue weighted by Gasteiger charge is 2.28. The number of carbonyl (C=O) groups is 1. The zero-order valence-electron chi connectivity index (χ0n) is 15.3. The van der Waals surface area contributed by atoms with E-state index in [-0.39, 0.29) is 24.0 Å². The molecule has 1 fully saturated rings. The van der Waals surface area contributed by atoms with Crippen molar-refractivity contribution in [3.05, 3.63) is 54.1 Å². The molecule has 2 aromatic rings. The van der Waals surface area contributed by atoms with Gasteiger partial charge in [0.25, 0.3) is 5.91 Å². The van der Waals surface area contributed by atoms with Crippen LogP contribution in [0.4, 0.5) is 0 Å². The van der Waals surface area contributed by atoms with Crippen molar-refractivity contribution >= 4 is 15.9 Å². The first kappa shape index (κ1) is 18.8. The lowest BCUT2D eigenvalue weighted by atomic mass is 10.2. The Balaban J connectivity index is 1.34. The largest absolute Gasteiger partial charge is 0.485 e. The molecule has 2 aromatic carbocycles. The molecule has 148 valence electrons. The third kappa shape index (κ3) is 3.83. The lowest BCUT2D eigenvalue weighted by molar-refractivity contribution is -0.130. The number of fused-ring (bicyclic) bond motifs is 1. The maximum Gasteiger partial charge on any atom is 0.264 e. The highest BCUT2D eigenvalue weighted by Crippen LogP contribution is 2.30. The van der Waals surface area contributed by atoms with Crippen molar-refractivity contribution in [1.82, 2.24) is 9.62 Å². The first-order valence-corrected chi connectivity index (χ1v) is 10.7. The minimum Gasteiger partial charge on any atom is -0.485 e. The summed E-state index contributed by atoms with van der Waals surface area (Å²) in [6.07, 6.45) is 1.09. The Bertz CT molecular complexity index is 953. The van der Waals surface area contributed by atoms with Gasteiger partial charge in [-0.25, -0.2) is 8.42 Å². The summed E-state index contributed by atoms with van der Waals surface area (Å²) in [4.78, 5) is 12.6. The van der Waals surface area contributed by atoms with E-state index in [9.17, 15) is 13.2 Å². The summed E-state index contributed by atoms with van der Waals surface area (Å²) < 4.78 is 37.8. The zero-order valence-corrected chi connectivity index (χ0v) is 16.2. The number of rotatable bonds is 5. The molecule has 1 N–H and O–H groups in total. The van der Waals surface area contributed by atoms with Crippen molar-refractivity contribution in [2.45, 2.75) is 30.4 Å². The fraction of sp³-hybridized carbons (Fsp3) is 0.350. The van der Waals surface area contributed by atoms with Crippen molar-refractivity contribution in [2.24, 2.45) is 0 Å². The van der Waals surface area contributed by atoms with Crippen molar-refractivity contribution in [3.63, 3.8) is 0 Å². The van der Waals surface area contributed by atoms with Crippen molar-refractivity contribution < 1.29 is 22.7 Å². The number of para-hydroxylation sites is 2. The molecular formula is C20H22N2O5S. The van der Waals surface area contributed by atoms with Crippen LogP contribution in [0.2, 0.25) is 0 Å². The summed E-state index contributed by atoms with van der Waals surface area (Å²) in [5.74, 6) is 0.898. The number of benzene rings is 2. The lowest BCUT2D eigenvalue weighted by Crippen LogP contribution is -2.43. The number of nitrogens with zero attached hydrogens (tertiary/aromatic N) is 1. The highest BCUT2D eigenvalue weighted by molar-refractivity contribution is 7.89. The van der Waals surface area contributed by atoms with E-state index in [1.54, 1.807) is 36.4 Å². The van der Waals surface area contributed by atoms with Gasteiger partial charge in [-0.15, -0.1) is 0 Å². The number of ether oxygens (including phenoxy) is 2. The normalized spacial score (nSPS) is 19.4. The van der Waals surface area contributed by atoms with Crippen LogP contribution in [0.3, 0.4) is 0 Å². The average molecular weight is 402 g/mol. The van der Waals surface area contributed by atoms with E-state index in [0.717, 1.165) is 18.4 Å². The molecule has 2 heterocycles. The van der Waals surface area contributed by atoms with Crippen LogP contribution in [-0.4, -0.2) is 44.4 Å². The third-order valence-corrected chi connectivity index (χ3v) is 6.81. The van der Waals surface area contributed by atoms with Gasteiger partial charge in [0.2, 0.25) is 16.1 Å². The maximum atomic E-state index is 12.5. The van der Waals surface area contributed by atoms with E-state index < -0.39 is 16.1 Å². The monoisotopic (exact) mass is 402 g/mol. The summed E-state index contributed by atoms with van der Waals surface area (Å²) in [7, 11) is -3.42. The fourth-order valence-electron chi connectivity index (χ4n) is 3.31. The maximum absolute atomic E-state index is 12.5. The minimum absolute atomic E-state index is 0.149. The van der Waals surface area contributed by atoms with Crippen LogP contribution in [0.5, 0.6) is 11.5 Å². The van der Waals surface area contributed by atoms with Crippen molar-refractivity contribution in [1.29, 1.82) is 0 Å². The fourth-order valence-corrected chi connectivity index (χ4v) is 4.83. The third-order valence-electron chi connectivity index (χ3n) is 4.89. The summed E-state index contributed by atoms with van der Waals surface area (Å²) in [5.41, 5.74) is 0.811. The summed E-state index contributed by atoms with van der Waals surface area (Å²) in [6, 6.07) is 13.8. The predicted octanol–water partition coefficient (Wildman–Crippen LogP) is 1.93. The number of carbonyl (C=O) groups excluding carboxylic acids is 1. The topological polar surface area (TPSA) is 84.9 Å². The minimum atomic E-state index is -3.42. The summed E-state index contributed by atoms with van der Waals surface area (Å²) in [5, 5.41) is 2.81. The molecule has 1 atom stereocenters. The summed E-state index contributed by atoms with van der Waals surface area (Å²) in [6.45, 7) is 1.58. The smallest absolute Gasteiger partial charge is 0.264 e. The Morgan fingerprint density at radius 3 is 2.43 bits per heavy atom. The van der Waals surface area contributed by atoms with Crippen LogP contribution in [0.15, 0.2) is 53.4 Å². The van der Waals surface area contributed by atoms with Gasteiger partial charge in [0, 0.05) is 19.6 Å². The first-order chi connectivity index (χ1) is 13.5. The molecular weight excluding hydrogens is 380 g/mol. The first-order valence-electron chi connectivity index (χ1n) is 9.29. The van der Waals surface area contributed by atoms with Gasteiger partial charge < -0.3 is 14.8 Å². The average Bonchev–Trinajstić information content (AvgIpc) is 3.28. The molecule has 8 heteroatoms. The second-order valence-electron chi connectivity index (χ2n) is 6.84. The van der Waals surface area contributed by atoms with Gasteiger partial charge in [0.1, 0.15) is 6.61 Å². The van der Waals surface area contributed by atoms with Gasteiger partial charge >= 0.3 is 0 Å². The van der Waals surface area contributed by atoms with E-state index in [1.807, 2.05) is 12.1 Å². The Morgan fingerprint density at radius 2 is 1.71 bits per heavy atom. The molecule has 0 radical (unpaired) electrons. The molecule has 0 spiro atoms. The molecule has 0 bridgehead atoms. The van der Waals surface area contributed by atoms with Crippen LogP contribution >= 0.6 is 0 Å².